The molecule has 0 bridgehead atoms. The van der Waals surface area contributed by atoms with Gasteiger partial charge >= 0.3 is 5.97 Å². The summed E-state index contributed by atoms with van der Waals surface area (Å²) in [5, 5.41) is 17.8. The minimum Gasteiger partial charge on any atom is -0.479 e. The molecule has 1 atom stereocenters. The van der Waals surface area contributed by atoms with Crippen molar-refractivity contribution in [1.82, 2.24) is 4.90 Å². The van der Waals surface area contributed by atoms with Crippen molar-refractivity contribution in [1.29, 1.82) is 0 Å². The number of aliphatic hydroxyl groups excluding tert-OH is 1. The fourth-order valence-electron chi connectivity index (χ4n) is 1.84. The summed E-state index contributed by atoms with van der Waals surface area (Å²) < 4.78 is 0. The summed E-state index contributed by atoms with van der Waals surface area (Å²) in [4.78, 5) is 35.0. The molecule has 1 aliphatic rings. The molecule has 6 nitrogen and oxygen atoms in total. The van der Waals surface area contributed by atoms with Gasteiger partial charge in [-0.15, -0.1) is 0 Å². The van der Waals surface area contributed by atoms with Crippen LogP contribution in [-0.4, -0.2) is 45.5 Å². The molecule has 0 saturated heterocycles. The molecular formula is C12H11NO5. The molecule has 2 amide bonds. The van der Waals surface area contributed by atoms with Gasteiger partial charge in [0.15, 0.2) is 6.10 Å². The van der Waals surface area contributed by atoms with Crippen molar-refractivity contribution in [2.45, 2.75) is 12.5 Å². The van der Waals surface area contributed by atoms with Gasteiger partial charge in [0.25, 0.3) is 5.91 Å². The maximum Gasteiger partial charge on any atom is 0.334 e. The van der Waals surface area contributed by atoms with Gasteiger partial charge in [0, 0.05) is 5.56 Å². The Labute approximate surface area is 102 Å². The van der Waals surface area contributed by atoms with Crippen molar-refractivity contribution in [2.75, 3.05) is 6.54 Å². The van der Waals surface area contributed by atoms with Crippen molar-refractivity contribution < 1.29 is 24.6 Å². The summed E-state index contributed by atoms with van der Waals surface area (Å²) in [5.41, 5.74) is 0.989. The fraction of sp³-hybridized carbons (Fsp3) is 0.250. The predicted octanol–water partition coefficient (Wildman–Crippen LogP) is -0.343. The Morgan fingerprint density at radius 1 is 1.33 bits per heavy atom. The Balaban J connectivity index is 2.27. The minimum atomic E-state index is -1.76. The SMILES string of the molecule is O=C(O)C(O)CN1C(=O)Cc2ccccc2C1=O. The lowest BCUT2D eigenvalue weighted by molar-refractivity contribution is -0.148. The quantitative estimate of drug-likeness (QED) is 0.714. The van der Waals surface area contributed by atoms with Crippen molar-refractivity contribution in [2.24, 2.45) is 0 Å². The summed E-state index contributed by atoms with van der Waals surface area (Å²) in [5.74, 6) is -2.53. The van der Waals surface area contributed by atoms with Crippen LogP contribution in [0.3, 0.4) is 0 Å². The zero-order chi connectivity index (χ0) is 13.3. The van der Waals surface area contributed by atoms with Crippen LogP contribution in [0.4, 0.5) is 0 Å². The summed E-state index contributed by atoms with van der Waals surface area (Å²) in [6, 6.07) is 6.64. The van der Waals surface area contributed by atoms with E-state index in [0.717, 1.165) is 4.90 Å². The second-order valence-electron chi connectivity index (χ2n) is 4.00. The predicted molar refractivity (Wildman–Crippen MR) is 59.8 cm³/mol. The Hall–Kier alpha value is -2.21. The van der Waals surface area contributed by atoms with Gasteiger partial charge in [0.05, 0.1) is 13.0 Å². The monoisotopic (exact) mass is 249 g/mol. The second kappa shape index (κ2) is 4.58. The molecule has 1 aliphatic heterocycles. The molecule has 2 rings (SSSR count). The second-order valence-corrected chi connectivity index (χ2v) is 4.00. The third-order valence-corrected chi connectivity index (χ3v) is 2.78. The van der Waals surface area contributed by atoms with E-state index in [-0.39, 0.29) is 6.42 Å². The molecule has 0 saturated carbocycles. The van der Waals surface area contributed by atoms with Crippen LogP contribution in [0, 0.1) is 0 Å². The van der Waals surface area contributed by atoms with E-state index in [2.05, 4.69) is 0 Å². The molecule has 1 aromatic carbocycles. The standard InChI is InChI=1S/C12H11NO5/c14-9(12(17)18)6-13-10(15)5-7-3-1-2-4-8(7)11(13)16/h1-4,9,14H,5-6H2,(H,17,18). The molecule has 0 radical (unpaired) electrons. The number of benzene rings is 1. The minimum absolute atomic E-state index is 0.0360. The number of nitrogens with zero attached hydrogens (tertiary/aromatic N) is 1. The number of hydrogen-bond acceptors (Lipinski definition) is 4. The van der Waals surface area contributed by atoms with E-state index in [4.69, 9.17) is 5.11 Å². The van der Waals surface area contributed by atoms with Crippen LogP contribution in [-0.2, 0) is 16.0 Å². The van der Waals surface area contributed by atoms with Gasteiger partial charge in [-0.25, -0.2) is 4.79 Å². The van der Waals surface area contributed by atoms with Crippen molar-refractivity contribution in [3.8, 4) is 0 Å². The highest BCUT2D eigenvalue weighted by Crippen LogP contribution is 2.19. The summed E-state index contributed by atoms with van der Waals surface area (Å²) in [6.07, 6.45) is -1.72. The van der Waals surface area contributed by atoms with E-state index >= 15 is 0 Å². The van der Waals surface area contributed by atoms with Gasteiger partial charge in [0.1, 0.15) is 0 Å². The number of carbonyl (C=O) groups excluding carboxylic acids is 2. The van der Waals surface area contributed by atoms with E-state index in [1.807, 2.05) is 0 Å². The van der Waals surface area contributed by atoms with Gasteiger partial charge in [-0.1, -0.05) is 18.2 Å². The lowest BCUT2D eigenvalue weighted by Gasteiger charge is -2.27. The first-order chi connectivity index (χ1) is 8.50. The molecule has 0 spiro atoms. The number of imide groups is 1. The normalized spacial score (nSPS) is 16.4. The Morgan fingerprint density at radius 3 is 2.67 bits per heavy atom. The zero-order valence-electron chi connectivity index (χ0n) is 9.37. The fourth-order valence-corrected chi connectivity index (χ4v) is 1.84. The average molecular weight is 249 g/mol. The molecule has 94 valence electrons. The molecular weight excluding hydrogens is 238 g/mol. The van der Waals surface area contributed by atoms with Crippen LogP contribution in [0.1, 0.15) is 15.9 Å². The molecule has 0 aliphatic carbocycles. The van der Waals surface area contributed by atoms with Gasteiger partial charge in [-0.2, -0.15) is 0 Å². The van der Waals surface area contributed by atoms with Crippen LogP contribution < -0.4 is 0 Å². The molecule has 0 fully saturated rings. The molecule has 1 unspecified atom stereocenters. The van der Waals surface area contributed by atoms with Crippen molar-refractivity contribution in [3.05, 3.63) is 35.4 Å². The summed E-state index contributed by atoms with van der Waals surface area (Å²) >= 11 is 0. The lowest BCUT2D eigenvalue weighted by atomic mass is 9.98. The van der Waals surface area contributed by atoms with Gasteiger partial charge in [0.2, 0.25) is 5.91 Å². The molecule has 0 aromatic heterocycles. The number of aliphatic hydroxyl groups is 1. The van der Waals surface area contributed by atoms with Crippen LogP contribution in [0.5, 0.6) is 0 Å². The van der Waals surface area contributed by atoms with Crippen LogP contribution in [0.25, 0.3) is 0 Å². The third kappa shape index (κ3) is 2.10. The largest absolute Gasteiger partial charge is 0.479 e. The first kappa shape index (κ1) is 12.3. The smallest absolute Gasteiger partial charge is 0.334 e. The van der Waals surface area contributed by atoms with Gasteiger partial charge in [-0.3, -0.25) is 14.5 Å². The lowest BCUT2D eigenvalue weighted by Crippen LogP contribution is -2.47. The third-order valence-electron chi connectivity index (χ3n) is 2.78. The number of fused-ring (bicyclic) bond motifs is 1. The maximum absolute atomic E-state index is 12.0. The van der Waals surface area contributed by atoms with Crippen LogP contribution >= 0.6 is 0 Å². The average Bonchev–Trinajstić information content (AvgIpc) is 2.34. The van der Waals surface area contributed by atoms with Crippen LogP contribution in [0.2, 0.25) is 0 Å². The Kier molecular flexibility index (Phi) is 3.12. The molecule has 2 N–H and O–H groups in total. The van der Waals surface area contributed by atoms with E-state index in [9.17, 15) is 19.5 Å². The number of β-amino-alcohol motifs (C(OH)–C–C–N with tert-alkyl or cyclic N) is 1. The molecule has 18 heavy (non-hydrogen) atoms. The van der Waals surface area contributed by atoms with Crippen LogP contribution in [0.15, 0.2) is 24.3 Å². The maximum atomic E-state index is 12.0. The number of carbonyl (C=O) groups is 3. The number of carboxylic acids is 1. The summed E-state index contributed by atoms with van der Waals surface area (Å²) in [6.45, 7) is -0.526. The highest BCUT2D eigenvalue weighted by atomic mass is 16.4. The highest BCUT2D eigenvalue weighted by molar-refractivity contribution is 6.09. The van der Waals surface area contributed by atoms with Crippen molar-refractivity contribution in [3.63, 3.8) is 0 Å². The number of rotatable bonds is 3. The zero-order valence-corrected chi connectivity index (χ0v) is 9.37. The van der Waals surface area contributed by atoms with Gasteiger partial charge < -0.3 is 10.2 Å². The van der Waals surface area contributed by atoms with Gasteiger partial charge in [-0.05, 0) is 11.6 Å². The first-order valence-electron chi connectivity index (χ1n) is 5.34. The number of aliphatic carboxylic acids is 1. The highest BCUT2D eigenvalue weighted by Gasteiger charge is 2.33. The molecule has 1 heterocycles. The number of carboxylic acid groups (broad SMARTS) is 1. The van der Waals surface area contributed by atoms with Crippen molar-refractivity contribution >= 4 is 17.8 Å². The number of hydrogen-bond donors (Lipinski definition) is 2. The van der Waals surface area contributed by atoms with E-state index in [1.165, 1.54) is 0 Å². The topological polar surface area (TPSA) is 94.9 Å². The Bertz CT molecular complexity index is 525. The molecule has 6 heteroatoms. The number of amides is 2. The summed E-state index contributed by atoms with van der Waals surface area (Å²) in [7, 11) is 0. The van der Waals surface area contributed by atoms with E-state index in [0.29, 0.717) is 11.1 Å². The van der Waals surface area contributed by atoms with E-state index < -0.39 is 30.4 Å². The van der Waals surface area contributed by atoms with E-state index in [1.54, 1.807) is 24.3 Å². The molecule has 1 aromatic rings. The first-order valence-corrected chi connectivity index (χ1v) is 5.34. The Morgan fingerprint density at radius 2 is 2.00 bits per heavy atom.